The van der Waals surface area contributed by atoms with Crippen LogP contribution < -0.4 is 10.9 Å². The number of anilines is 1. The van der Waals surface area contributed by atoms with Crippen LogP contribution in [0, 0.1) is 17.2 Å². The highest BCUT2D eigenvalue weighted by Crippen LogP contribution is 2.38. The Labute approximate surface area is 177 Å². The first kappa shape index (κ1) is 23.1. The highest BCUT2D eigenvalue weighted by Gasteiger charge is 2.38. The van der Waals surface area contributed by atoms with Gasteiger partial charge in [0, 0.05) is 12.3 Å². The summed E-state index contributed by atoms with van der Waals surface area (Å²) in [6.45, 7) is 2.98. The van der Waals surface area contributed by atoms with Gasteiger partial charge in [0.05, 0.1) is 38.1 Å². The minimum atomic E-state index is -2.89. The summed E-state index contributed by atoms with van der Waals surface area (Å²) < 4.78 is 29.6. The van der Waals surface area contributed by atoms with Crippen LogP contribution in [0.2, 0.25) is 0 Å². The van der Waals surface area contributed by atoms with E-state index in [0.717, 1.165) is 0 Å². The average molecular weight is 454 g/mol. The van der Waals surface area contributed by atoms with E-state index in [-0.39, 0.29) is 48.4 Å². The van der Waals surface area contributed by atoms with Crippen molar-refractivity contribution >= 4 is 31.3 Å². The van der Waals surface area contributed by atoms with E-state index >= 15 is 0 Å². The lowest BCUT2D eigenvalue weighted by Gasteiger charge is -2.15. The zero-order valence-electron chi connectivity index (χ0n) is 16.9. The van der Waals surface area contributed by atoms with Crippen LogP contribution in [0.4, 0.5) is 5.95 Å². The summed E-state index contributed by atoms with van der Waals surface area (Å²) in [6.07, 6.45) is -0.652. The van der Waals surface area contributed by atoms with Gasteiger partial charge in [-0.15, -0.1) is 0 Å². The molecule has 2 aromatic rings. The zero-order chi connectivity index (χ0) is 22.5. The van der Waals surface area contributed by atoms with Crippen LogP contribution >= 0.6 is 8.25 Å². The molecule has 1 aliphatic rings. The molecule has 14 heteroatoms. The molecule has 0 saturated carbocycles. The van der Waals surface area contributed by atoms with Crippen LogP contribution in [0.25, 0.3) is 11.2 Å². The molecule has 31 heavy (non-hydrogen) atoms. The molecule has 4 unspecified atom stereocenters. The zero-order valence-corrected chi connectivity index (χ0v) is 17.9. The molecule has 1 amide bonds. The molecule has 1 fully saturated rings. The number of aromatic nitrogens is 4. The Kier molecular flexibility index (Phi) is 7.53. The van der Waals surface area contributed by atoms with Crippen molar-refractivity contribution in [2.24, 2.45) is 5.92 Å². The van der Waals surface area contributed by atoms with Crippen molar-refractivity contribution in [3.05, 3.63) is 16.7 Å². The summed E-state index contributed by atoms with van der Waals surface area (Å²) in [5, 5.41) is 20.6. The fourth-order valence-corrected chi connectivity index (χ4v) is 3.79. The van der Waals surface area contributed by atoms with Gasteiger partial charge in [0.2, 0.25) is 11.9 Å². The normalized spacial score (nSPS) is 22.0. The van der Waals surface area contributed by atoms with Crippen molar-refractivity contribution in [1.82, 2.24) is 19.5 Å². The second-order valence-corrected chi connectivity index (χ2v) is 8.12. The monoisotopic (exact) mass is 454 g/mol. The van der Waals surface area contributed by atoms with Crippen molar-refractivity contribution in [3.63, 3.8) is 0 Å². The van der Waals surface area contributed by atoms with Crippen LogP contribution in [0.1, 0.15) is 32.9 Å². The number of nitrogens with one attached hydrogen (secondary N) is 2. The quantitative estimate of drug-likeness (QED) is 0.360. The number of carbonyl (C=O) groups excluding carboxylic acids is 1. The summed E-state index contributed by atoms with van der Waals surface area (Å²) in [6, 6.07) is 1.87. The SMILES string of the molecule is CC(C)C(=O)Nc1nc2c(ncn2C2CC(O[PH](=O)OCCC#N)C(CO)O2)c(=O)[nH]1. The molecule has 3 rings (SSSR count). The molecule has 2 aromatic heterocycles. The second kappa shape index (κ2) is 10.1. The number of nitriles is 1. The van der Waals surface area contributed by atoms with Gasteiger partial charge in [-0.2, -0.15) is 10.2 Å². The van der Waals surface area contributed by atoms with Crippen LogP contribution in [0.3, 0.4) is 0 Å². The van der Waals surface area contributed by atoms with Gasteiger partial charge in [-0.05, 0) is 0 Å². The van der Waals surface area contributed by atoms with Crippen molar-refractivity contribution in [2.45, 2.75) is 45.1 Å². The van der Waals surface area contributed by atoms with Crippen molar-refractivity contribution in [3.8, 4) is 6.07 Å². The van der Waals surface area contributed by atoms with E-state index < -0.39 is 38.9 Å². The van der Waals surface area contributed by atoms with Gasteiger partial charge in [-0.1, -0.05) is 13.8 Å². The lowest BCUT2D eigenvalue weighted by atomic mass is 10.2. The molecule has 0 spiro atoms. The van der Waals surface area contributed by atoms with E-state index in [9.17, 15) is 19.3 Å². The van der Waals surface area contributed by atoms with Gasteiger partial charge in [-0.25, -0.2) is 4.98 Å². The molecule has 1 aliphatic heterocycles. The summed E-state index contributed by atoms with van der Waals surface area (Å²) in [5.41, 5.74) is -0.323. The third-order valence-corrected chi connectivity index (χ3v) is 5.49. The molecule has 3 heterocycles. The van der Waals surface area contributed by atoms with Crippen LogP contribution in [0.15, 0.2) is 11.1 Å². The van der Waals surface area contributed by atoms with Gasteiger partial charge in [0.15, 0.2) is 11.2 Å². The number of rotatable bonds is 9. The largest absolute Gasteiger partial charge is 0.394 e. The lowest BCUT2D eigenvalue weighted by Crippen LogP contribution is -2.26. The minimum Gasteiger partial charge on any atom is -0.394 e. The van der Waals surface area contributed by atoms with Crippen LogP contribution in [0.5, 0.6) is 0 Å². The highest BCUT2D eigenvalue weighted by molar-refractivity contribution is 7.33. The summed E-state index contributed by atoms with van der Waals surface area (Å²) in [4.78, 5) is 35.1. The number of amides is 1. The number of aromatic amines is 1. The molecule has 13 nitrogen and oxygen atoms in total. The average Bonchev–Trinajstić information content (AvgIpc) is 3.32. The number of imidazole rings is 1. The second-order valence-electron chi connectivity index (χ2n) is 7.09. The first-order valence-electron chi connectivity index (χ1n) is 9.58. The summed E-state index contributed by atoms with van der Waals surface area (Å²) >= 11 is 0. The smallest absolute Gasteiger partial charge is 0.319 e. The van der Waals surface area contributed by atoms with Gasteiger partial charge < -0.3 is 18.9 Å². The fraction of sp³-hybridized carbons (Fsp3) is 0.588. The van der Waals surface area contributed by atoms with Crippen LogP contribution in [-0.2, 0) is 23.1 Å². The van der Waals surface area contributed by atoms with E-state index in [1.807, 2.05) is 6.07 Å². The summed E-state index contributed by atoms with van der Waals surface area (Å²) in [5.74, 6) is -0.662. The Hall–Kier alpha value is -2.62. The summed E-state index contributed by atoms with van der Waals surface area (Å²) in [7, 11) is -2.89. The number of hydrogen-bond donors (Lipinski definition) is 3. The molecular formula is C17H23N6O7P. The maximum absolute atomic E-state index is 12.3. The molecule has 0 radical (unpaired) electrons. The number of ether oxygens (including phenoxy) is 1. The molecule has 0 aromatic carbocycles. The van der Waals surface area contributed by atoms with Crippen LogP contribution in [-0.4, -0.2) is 56.0 Å². The van der Waals surface area contributed by atoms with Gasteiger partial charge in [-0.3, -0.25) is 29.0 Å². The molecule has 0 bridgehead atoms. The van der Waals surface area contributed by atoms with Gasteiger partial charge in [0.25, 0.3) is 5.56 Å². The molecule has 3 N–H and O–H groups in total. The van der Waals surface area contributed by atoms with Crippen molar-refractivity contribution in [1.29, 1.82) is 5.26 Å². The first-order chi connectivity index (χ1) is 14.8. The van der Waals surface area contributed by atoms with E-state index in [4.69, 9.17) is 19.0 Å². The number of carbonyl (C=O) groups is 1. The number of aliphatic hydroxyl groups excluding tert-OH is 1. The Morgan fingerprint density at radius 1 is 1.58 bits per heavy atom. The standard InChI is InChI=1S/C17H23N6O7P/c1-9(2)15(25)21-17-20-14-13(16(26)22-17)19-8-23(14)12-6-10(11(7-24)29-12)30-31(27)28-5-3-4-18/h8-12,24,31H,3,5-7H2,1-2H3,(H2,20,21,22,25,26). The van der Waals surface area contributed by atoms with E-state index in [1.54, 1.807) is 13.8 Å². The Balaban J connectivity index is 1.80. The molecule has 1 saturated heterocycles. The number of nitrogens with zero attached hydrogens (tertiary/aromatic N) is 4. The topological polar surface area (TPSA) is 181 Å². The number of fused-ring (bicyclic) bond motifs is 1. The van der Waals surface area contributed by atoms with E-state index in [1.165, 1.54) is 10.9 Å². The lowest BCUT2D eigenvalue weighted by molar-refractivity contribution is -0.118. The van der Waals surface area contributed by atoms with Crippen molar-refractivity contribution < 1.29 is 28.3 Å². The number of aliphatic hydroxyl groups is 1. The highest BCUT2D eigenvalue weighted by atomic mass is 31.1. The third-order valence-electron chi connectivity index (χ3n) is 4.55. The Morgan fingerprint density at radius 2 is 2.35 bits per heavy atom. The molecule has 168 valence electrons. The minimum absolute atomic E-state index is 0.0289. The Bertz CT molecular complexity index is 1060. The maximum Gasteiger partial charge on any atom is 0.319 e. The Morgan fingerprint density at radius 3 is 3.03 bits per heavy atom. The third kappa shape index (κ3) is 5.36. The molecular weight excluding hydrogens is 431 g/mol. The van der Waals surface area contributed by atoms with Crippen molar-refractivity contribution in [2.75, 3.05) is 18.5 Å². The molecule has 4 atom stereocenters. The van der Waals surface area contributed by atoms with E-state index in [2.05, 4.69) is 20.3 Å². The van der Waals surface area contributed by atoms with Gasteiger partial charge in [0.1, 0.15) is 12.3 Å². The number of hydrogen-bond acceptors (Lipinski definition) is 10. The predicted octanol–water partition coefficient (Wildman–Crippen LogP) is 0.699. The predicted molar refractivity (Wildman–Crippen MR) is 107 cm³/mol. The van der Waals surface area contributed by atoms with Gasteiger partial charge >= 0.3 is 8.25 Å². The first-order valence-corrected chi connectivity index (χ1v) is 10.8. The molecule has 0 aliphatic carbocycles. The number of H-pyrrole nitrogens is 1. The van der Waals surface area contributed by atoms with E-state index in [0.29, 0.717) is 0 Å². The maximum atomic E-state index is 12.3. The fourth-order valence-electron chi connectivity index (χ4n) is 2.95.